The van der Waals surface area contributed by atoms with Gasteiger partial charge in [-0.3, -0.25) is 4.79 Å². The van der Waals surface area contributed by atoms with E-state index < -0.39 is 11.8 Å². The van der Waals surface area contributed by atoms with Gasteiger partial charge in [-0.2, -0.15) is 0 Å². The SMILES string of the molecule is CCN(CC)c1ccc(C2=C(O)C(C3C=CC([NH+](CCCCC4CCCC4)CCCCC4CCCC4)C=C3O)C2=O)c([O-])c1. The van der Waals surface area contributed by atoms with Crippen LogP contribution in [0.15, 0.2) is 47.9 Å². The second kappa shape index (κ2) is 15.5. The fraction of sp³-hybridized carbons (Fsp3) is 0.658. The number of aliphatic hydroxyl groups is 2. The summed E-state index contributed by atoms with van der Waals surface area (Å²) >= 11 is 0. The highest BCUT2D eigenvalue weighted by atomic mass is 16.3. The van der Waals surface area contributed by atoms with Gasteiger partial charge in [0.1, 0.15) is 17.6 Å². The van der Waals surface area contributed by atoms with E-state index in [4.69, 9.17) is 0 Å². The van der Waals surface area contributed by atoms with Gasteiger partial charge in [0.05, 0.1) is 30.5 Å². The molecular formula is C38H56N2O4. The molecule has 2 saturated carbocycles. The zero-order valence-corrected chi connectivity index (χ0v) is 27.2. The molecule has 44 heavy (non-hydrogen) atoms. The van der Waals surface area contributed by atoms with Crippen molar-refractivity contribution >= 4 is 17.0 Å². The molecule has 3 N–H and O–H groups in total. The first-order chi connectivity index (χ1) is 21.4. The Labute approximate surface area is 265 Å². The van der Waals surface area contributed by atoms with Gasteiger partial charge in [-0.1, -0.05) is 82.1 Å². The number of hydrogen-bond acceptors (Lipinski definition) is 5. The largest absolute Gasteiger partial charge is 0.872 e. The summed E-state index contributed by atoms with van der Waals surface area (Å²) in [6.07, 6.45) is 24.9. The van der Waals surface area contributed by atoms with Crippen molar-refractivity contribution in [1.29, 1.82) is 0 Å². The Morgan fingerprint density at radius 3 is 1.95 bits per heavy atom. The van der Waals surface area contributed by atoms with E-state index in [1.54, 1.807) is 12.1 Å². The molecule has 0 amide bonds. The maximum Gasteiger partial charge on any atom is 0.178 e. The number of ketones is 1. The van der Waals surface area contributed by atoms with Crippen LogP contribution in [0.25, 0.3) is 5.57 Å². The maximum absolute atomic E-state index is 13.3. The molecule has 0 saturated heterocycles. The van der Waals surface area contributed by atoms with Crippen molar-refractivity contribution in [2.45, 2.75) is 110 Å². The third-order valence-corrected chi connectivity index (χ3v) is 11.2. The van der Waals surface area contributed by atoms with Crippen LogP contribution in [-0.4, -0.2) is 48.2 Å². The Hall–Kier alpha value is -2.73. The number of benzene rings is 1. The highest BCUT2D eigenvalue weighted by molar-refractivity contribution is 6.30. The van der Waals surface area contributed by atoms with Crippen LogP contribution in [-0.2, 0) is 4.79 Å². The lowest BCUT2D eigenvalue weighted by molar-refractivity contribution is -0.912. The van der Waals surface area contributed by atoms with E-state index in [9.17, 15) is 20.1 Å². The molecule has 1 aromatic rings. The minimum atomic E-state index is -0.832. The average molecular weight is 605 g/mol. The van der Waals surface area contributed by atoms with Gasteiger partial charge in [-0.15, -0.1) is 0 Å². The first-order valence-corrected chi connectivity index (χ1v) is 17.9. The first-order valence-electron chi connectivity index (χ1n) is 17.9. The van der Waals surface area contributed by atoms with Crippen LogP contribution < -0.4 is 14.9 Å². The molecule has 3 atom stereocenters. The van der Waals surface area contributed by atoms with Gasteiger partial charge < -0.3 is 25.1 Å². The zero-order valence-electron chi connectivity index (χ0n) is 27.2. The number of Topliss-reactive ketones (excluding diaryl/α,β-unsaturated/α-hetero) is 1. The second-order valence-electron chi connectivity index (χ2n) is 13.9. The van der Waals surface area contributed by atoms with Crippen LogP contribution in [0.1, 0.15) is 109 Å². The summed E-state index contributed by atoms with van der Waals surface area (Å²) in [5.74, 6) is -0.0253. The summed E-state index contributed by atoms with van der Waals surface area (Å²) in [6, 6.07) is 5.11. The highest BCUT2D eigenvalue weighted by Crippen LogP contribution is 2.46. The number of hydrogen-bond donors (Lipinski definition) is 3. The van der Waals surface area contributed by atoms with Crippen LogP contribution in [0.5, 0.6) is 5.75 Å². The van der Waals surface area contributed by atoms with E-state index in [0.717, 1.165) is 43.7 Å². The van der Waals surface area contributed by atoms with E-state index >= 15 is 0 Å². The summed E-state index contributed by atoms with van der Waals surface area (Å²) in [5, 5.41) is 35.2. The fourth-order valence-electron chi connectivity index (χ4n) is 8.44. The Bertz CT molecular complexity index is 1180. The monoisotopic (exact) mass is 604 g/mol. The molecule has 0 heterocycles. The molecule has 1 aromatic carbocycles. The average Bonchev–Trinajstić information content (AvgIpc) is 3.74. The third-order valence-electron chi connectivity index (χ3n) is 11.2. The van der Waals surface area contributed by atoms with E-state index in [2.05, 4.69) is 11.0 Å². The number of nitrogens with zero attached hydrogens (tertiary/aromatic N) is 1. The molecule has 0 spiro atoms. The Morgan fingerprint density at radius 2 is 1.45 bits per heavy atom. The Kier molecular flexibility index (Phi) is 11.5. The van der Waals surface area contributed by atoms with E-state index in [1.807, 2.05) is 32.1 Å². The number of quaternary nitrogens is 1. The van der Waals surface area contributed by atoms with Gasteiger partial charge in [0.25, 0.3) is 0 Å². The number of allylic oxidation sites excluding steroid dienone is 3. The van der Waals surface area contributed by atoms with Crippen LogP contribution in [0.3, 0.4) is 0 Å². The van der Waals surface area contributed by atoms with Crippen LogP contribution in [0.2, 0.25) is 0 Å². The number of carbonyl (C=O) groups excluding carboxylic acids is 1. The Balaban J connectivity index is 1.22. The second-order valence-corrected chi connectivity index (χ2v) is 13.9. The van der Waals surface area contributed by atoms with Gasteiger partial charge in [0, 0.05) is 24.9 Å². The van der Waals surface area contributed by atoms with Crippen molar-refractivity contribution in [2.24, 2.45) is 23.7 Å². The number of anilines is 1. The summed E-state index contributed by atoms with van der Waals surface area (Å²) in [7, 11) is 0. The summed E-state index contributed by atoms with van der Waals surface area (Å²) < 4.78 is 0. The van der Waals surface area contributed by atoms with E-state index in [1.165, 1.54) is 94.8 Å². The molecular weight excluding hydrogens is 548 g/mol. The van der Waals surface area contributed by atoms with Gasteiger partial charge in [-0.25, -0.2) is 0 Å². The van der Waals surface area contributed by atoms with Crippen molar-refractivity contribution in [1.82, 2.24) is 0 Å². The molecule has 5 rings (SSSR count). The molecule has 242 valence electrons. The lowest BCUT2D eigenvalue weighted by Crippen LogP contribution is -3.15. The summed E-state index contributed by atoms with van der Waals surface area (Å²) in [6.45, 7) is 7.82. The van der Waals surface area contributed by atoms with Gasteiger partial charge in [0.2, 0.25) is 0 Å². The number of nitrogens with one attached hydrogen (secondary N) is 1. The van der Waals surface area contributed by atoms with Crippen LogP contribution >= 0.6 is 0 Å². The topological polar surface area (TPSA) is 88.3 Å². The molecule has 4 aliphatic rings. The predicted molar refractivity (Wildman–Crippen MR) is 177 cm³/mol. The van der Waals surface area contributed by atoms with E-state index in [-0.39, 0.29) is 40.2 Å². The molecule has 3 unspecified atom stereocenters. The summed E-state index contributed by atoms with van der Waals surface area (Å²) in [5.41, 5.74) is 1.16. The minimum Gasteiger partial charge on any atom is -0.872 e. The molecule has 2 fully saturated rings. The number of aliphatic hydroxyl groups excluding tert-OH is 2. The predicted octanol–water partition coefficient (Wildman–Crippen LogP) is 6.68. The van der Waals surface area contributed by atoms with Gasteiger partial charge in [0.15, 0.2) is 5.78 Å². The fourth-order valence-corrected chi connectivity index (χ4v) is 8.44. The smallest absolute Gasteiger partial charge is 0.178 e. The molecule has 0 bridgehead atoms. The van der Waals surface area contributed by atoms with Gasteiger partial charge in [-0.05, 0) is 75.1 Å². The highest BCUT2D eigenvalue weighted by Gasteiger charge is 2.46. The molecule has 0 radical (unpaired) electrons. The number of unbranched alkanes of at least 4 members (excludes halogenated alkanes) is 2. The molecule has 6 heteroatoms. The quantitative estimate of drug-likeness (QED) is 0.145. The molecule has 0 aliphatic heterocycles. The lowest BCUT2D eigenvalue weighted by atomic mass is 9.70. The third kappa shape index (κ3) is 7.55. The van der Waals surface area contributed by atoms with Crippen LogP contribution in [0.4, 0.5) is 5.69 Å². The van der Waals surface area contributed by atoms with Gasteiger partial charge >= 0.3 is 0 Å². The molecule has 6 nitrogen and oxygen atoms in total. The first kappa shape index (κ1) is 32.7. The van der Waals surface area contributed by atoms with Crippen LogP contribution in [0, 0.1) is 23.7 Å². The number of rotatable bonds is 16. The van der Waals surface area contributed by atoms with E-state index in [0.29, 0.717) is 0 Å². The van der Waals surface area contributed by atoms with Crippen molar-refractivity contribution in [2.75, 3.05) is 31.1 Å². The molecule has 0 aromatic heterocycles. The van der Waals surface area contributed by atoms with Crippen molar-refractivity contribution < 1.29 is 25.0 Å². The van der Waals surface area contributed by atoms with Crippen molar-refractivity contribution in [3.8, 4) is 5.75 Å². The Morgan fingerprint density at radius 1 is 0.864 bits per heavy atom. The molecule has 4 aliphatic carbocycles. The maximum atomic E-state index is 13.3. The zero-order chi connectivity index (χ0) is 31.1. The normalized spacial score (nSPS) is 24.4. The standard InChI is InChI=1S/C38H56N2O4/c1-3-39(4-2)29-19-21-31(33(41)25-29)35-37(43)36(38(35)44)32-22-20-30(26-34(32)42)40(23-11-9-17-27-13-5-6-14-27)24-12-10-18-28-15-7-8-16-28/h19-22,25-28,30,32,36,41-43H,3-18,23-24H2,1-2H3. The minimum absolute atomic E-state index is 0.0749. The lowest BCUT2D eigenvalue weighted by Gasteiger charge is -2.36. The van der Waals surface area contributed by atoms with Crippen molar-refractivity contribution in [3.05, 3.63) is 53.5 Å². The summed E-state index contributed by atoms with van der Waals surface area (Å²) in [4.78, 5) is 16.9. The van der Waals surface area contributed by atoms with Crippen molar-refractivity contribution in [3.63, 3.8) is 0 Å². The number of carbonyl (C=O) groups is 1.